The number of nitrogens with one attached hydrogen (secondary N) is 2. The molecule has 0 spiro atoms. The second-order valence-corrected chi connectivity index (χ2v) is 7.07. The van der Waals surface area contributed by atoms with Crippen LogP contribution < -0.4 is 19.7 Å². The van der Waals surface area contributed by atoms with E-state index in [1.807, 2.05) is 25.1 Å². The lowest BCUT2D eigenvalue weighted by molar-refractivity contribution is -0.929. The summed E-state index contributed by atoms with van der Waals surface area (Å²) < 4.78 is 10.8. The lowest BCUT2D eigenvalue weighted by Crippen LogP contribution is -3.16. The number of methoxy groups -OCH3 is 2. The number of aryl methyl sites for hydroxylation is 1. The van der Waals surface area contributed by atoms with Crippen molar-refractivity contribution in [2.24, 2.45) is 0 Å². The summed E-state index contributed by atoms with van der Waals surface area (Å²) in [6.07, 6.45) is 1.92. The van der Waals surface area contributed by atoms with Crippen LogP contribution >= 0.6 is 0 Å². The largest absolute Gasteiger partial charge is 0.493 e. The van der Waals surface area contributed by atoms with Crippen molar-refractivity contribution in [3.05, 3.63) is 53.1 Å². The van der Waals surface area contributed by atoms with Gasteiger partial charge in [0.05, 0.1) is 20.8 Å². The van der Waals surface area contributed by atoms with Crippen LogP contribution in [0.25, 0.3) is 0 Å². The first-order valence-corrected chi connectivity index (χ1v) is 9.53. The van der Waals surface area contributed by atoms with E-state index >= 15 is 0 Å². The first-order valence-electron chi connectivity index (χ1n) is 9.53. The lowest BCUT2D eigenvalue weighted by Gasteiger charge is -2.30. The molecule has 1 heterocycles. The number of hydrogen-bond donors (Lipinski definition) is 2. The molecule has 5 heteroatoms. The third kappa shape index (κ3) is 4.25. The summed E-state index contributed by atoms with van der Waals surface area (Å²) in [6.45, 7) is 5.85. The predicted molar refractivity (Wildman–Crippen MR) is 107 cm³/mol. The zero-order valence-corrected chi connectivity index (χ0v) is 16.6. The molecule has 0 aromatic heterocycles. The van der Waals surface area contributed by atoms with E-state index in [4.69, 9.17) is 9.47 Å². The van der Waals surface area contributed by atoms with Crippen LogP contribution in [0.5, 0.6) is 11.5 Å². The molecule has 0 bridgehead atoms. The normalized spacial score (nSPS) is 17.0. The zero-order valence-electron chi connectivity index (χ0n) is 16.6. The number of rotatable bonds is 6. The standard InChI is InChI=1S/C22H28N2O3/c1-5-16-6-8-19(9-7-16)23-22(25)15(2)24-11-10-17-12-20(26-3)21(27-4)13-18(17)14-24/h6-9,12-13,15H,5,10-11,14H2,1-4H3,(H,23,25)/p+1/t15-/m1/s1. The van der Waals surface area contributed by atoms with Crippen LogP contribution in [0.15, 0.2) is 36.4 Å². The predicted octanol–water partition coefficient (Wildman–Crippen LogP) is 2.23. The Labute approximate surface area is 161 Å². The number of carbonyl (C=O) groups is 1. The Balaban J connectivity index is 1.69. The molecule has 1 unspecified atom stereocenters. The van der Waals surface area contributed by atoms with Gasteiger partial charge in [0.1, 0.15) is 6.54 Å². The summed E-state index contributed by atoms with van der Waals surface area (Å²) in [6, 6.07) is 12.0. The van der Waals surface area contributed by atoms with Crippen LogP contribution in [0.3, 0.4) is 0 Å². The molecular formula is C22H29N2O3+. The molecule has 27 heavy (non-hydrogen) atoms. The first-order chi connectivity index (χ1) is 13.0. The minimum Gasteiger partial charge on any atom is -0.493 e. The summed E-state index contributed by atoms with van der Waals surface area (Å²) in [7, 11) is 3.31. The molecule has 5 nitrogen and oxygen atoms in total. The van der Waals surface area contributed by atoms with E-state index in [0.717, 1.165) is 43.1 Å². The SMILES string of the molecule is CCc1ccc(NC(=O)[C@@H](C)[NH+]2CCc3cc(OC)c(OC)cc3C2)cc1. The van der Waals surface area contributed by atoms with Crippen LogP contribution in [-0.2, 0) is 24.2 Å². The highest BCUT2D eigenvalue weighted by Gasteiger charge is 2.30. The fourth-order valence-electron chi connectivity index (χ4n) is 3.62. The maximum absolute atomic E-state index is 12.7. The van der Waals surface area contributed by atoms with Crippen LogP contribution in [0.2, 0.25) is 0 Å². The van der Waals surface area contributed by atoms with Gasteiger partial charge in [0, 0.05) is 17.7 Å². The summed E-state index contributed by atoms with van der Waals surface area (Å²) in [5, 5.41) is 3.05. The van der Waals surface area contributed by atoms with Gasteiger partial charge in [-0.15, -0.1) is 0 Å². The Morgan fingerprint density at radius 3 is 2.33 bits per heavy atom. The highest BCUT2D eigenvalue weighted by atomic mass is 16.5. The third-order valence-corrected chi connectivity index (χ3v) is 5.47. The number of benzene rings is 2. The van der Waals surface area contributed by atoms with Gasteiger partial charge in [-0.1, -0.05) is 19.1 Å². The van der Waals surface area contributed by atoms with Gasteiger partial charge in [-0.2, -0.15) is 0 Å². The fraction of sp³-hybridized carbons (Fsp3) is 0.409. The maximum Gasteiger partial charge on any atom is 0.282 e. The molecule has 1 aliphatic heterocycles. The quantitative estimate of drug-likeness (QED) is 0.821. The van der Waals surface area contributed by atoms with E-state index in [1.54, 1.807) is 14.2 Å². The van der Waals surface area contributed by atoms with Gasteiger partial charge in [0.15, 0.2) is 17.5 Å². The van der Waals surface area contributed by atoms with Crippen molar-refractivity contribution in [1.29, 1.82) is 0 Å². The van der Waals surface area contributed by atoms with Gasteiger partial charge in [0.25, 0.3) is 5.91 Å². The van der Waals surface area contributed by atoms with Gasteiger partial charge in [0.2, 0.25) is 0 Å². The molecule has 2 N–H and O–H groups in total. The minimum atomic E-state index is -0.128. The number of amides is 1. The van der Waals surface area contributed by atoms with Crippen molar-refractivity contribution in [3.63, 3.8) is 0 Å². The molecule has 2 aromatic rings. The molecule has 3 rings (SSSR count). The number of anilines is 1. The Hall–Kier alpha value is -2.53. The zero-order chi connectivity index (χ0) is 19.4. The Morgan fingerprint density at radius 1 is 1.11 bits per heavy atom. The van der Waals surface area contributed by atoms with Crippen molar-refractivity contribution in [3.8, 4) is 11.5 Å². The number of carbonyl (C=O) groups excluding carboxylic acids is 1. The molecule has 144 valence electrons. The minimum absolute atomic E-state index is 0.0539. The third-order valence-electron chi connectivity index (χ3n) is 5.47. The van der Waals surface area contributed by atoms with Crippen LogP contribution in [0.1, 0.15) is 30.5 Å². The van der Waals surface area contributed by atoms with Gasteiger partial charge < -0.3 is 19.7 Å². The average Bonchev–Trinajstić information content (AvgIpc) is 2.72. The van der Waals surface area contributed by atoms with E-state index in [1.165, 1.54) is 21.6 Å². The van der Waals surface area contributed by atoms with Crippen molar-refractivity contribution >= 4 is 11.6 Å². The second-order valence-electron chi connectivity index (χ2n) is 7.07. The smallest absolute Gasteiger partial charge is 0.282 e. The van der Waals surface area contributed by atoms with Gasteiger partial charge >= 0.3 is 0 Å². The number of fused-ring (bicyclic) bond motifs is 1. The molecule has 0 saturated carbocycles. The average molecular weight is 369 g/mol. The molecule has 1 aliphatic rings. The van der Waals surface area contributed by atoms with Gasteiger partial charge in [-0.25, -0.2) is 0 Å². The summed E-state index contributed by atoms with van der Waals surface area (Å²) in [5.74, 6) is 1.56. The topological polar surface area (TPSA) is 52.0 Å². The highest BCUT2D eigenvalue weighted by Crippen LogP contribution is 2.31. The molecule has 1 amide bonds. The second kappa shape index (κ2) is 8.44. The lowest BCUT2D eigenvalue weighted by atomic mass is 9.97. The number of ether oxygens (including phenoxy) is 2. The van der Waals surface area contributed by atoms with Crippen LogP contribution in [0, 0.1) is 0 Å². The summed E-state index contributed by atoms with van der Waals surface area (Å²) in [4.78, 5) is 14.0. The first kappa shape index (κ1) is 19.2. The van der Waals surface area contributed by atoms with E-state index in [2.05, 4.69) is 30.4 Å². The fourth-order valence-corrected chi connectivity index (χ4v) is 3.62. The van der Waals surface area contributed by atoms with Crippen molar-refractivity contribution in [2.45, 2.75) is 39.3 Å². The monoisotopic (exact) mass is 369 g/mol. The summed E-state index contributed by atoms with van der Waals surface area (Å²) >= 11 is 0. The van der Waals surface area contributed by atoms with Crippen LogP contribution in [0.4, 0.5) is 5.69 Å². The Bertz CT molecular complexity index is 802. The molecule has 2 atom stereocenters. The molecule has 0 fully saturated rings. The van der Waals surface area contributed by atoms with E-state index in [0.29, 0.717) is 0 Å². The number of hydrogen-bond acceptors (Lipinski definition) is 3. The Kier molecular flexibility index (Phi) is 6.01. The van der Waals surface area contributed by atoms with Crippen molar-refractivity contribution in [1.82, 2.24) is 0 Å². The van der Waals surface area contributed by atoms with Crippen LogP contribution in [-0.4, -0.2) is 32.7 Å². The Morgan fingerprint density at radius 2 is 1.74 bits per heavy atom. The molecular weight excluding hydrogens is 340 g/mol. The molecule has 0 saturated heterocycles. The van der Waals surface area contributed by atoms with Crippen molar-refractivity contribution < 1.29 is 19.2 Å². The highest BCUT2D eigenvalue weighted by molar-refractivity contribution is 5.93. The molecule has 0 aliphatic carbocycles. The van der Waals surface area contributed by atoms with Gasteiger partial charge in [-0.3, -0.25) is 4.79 Å². The van der Waals surface area contributed by atoms with Gasteiger partial charge in [-0.05, 0) is 48.7 Å². The van der Waals surface area contributed by atoms with E-state index in [-0.39, 0.29) is 11.9 Å². The van der Waals surface area contributed by atoms with E-state index in [9.17, 15) is 4.79 Å². The van der Waals surface area contributed by atoms with E-state index < -0.39 is 0 Å². The van der Waals surface area contributed by atoms with Crippen molar-refractivity contribution in [2.75, 3.05) is 26.1 Å². The molecule has 0 radical (unpaired) electrons. The number of quaternary nitrogens is 1. The summed E-state index contributed by atoms with van der Waals surface area (Å²) in [5.41, 5.74) is 4.62. The molecule has 2 aromatic carbocycles. The maximum atomic E-state index is 12.7.